The molecule has 0 saturated heterocycles. The van der Waals surface area contributed by atoms with Gasteiger partial charge in [-0.25, -0.2) is 0 Å². The summed E-state index contributed by atoms with van der Waals surface area (Å²) in [6.07, 6.45) is 4.11. The van der Waals surface area contributed by atoms with E-state index in [1.165, 1.54) is 0 Å². The van der Waals surface area contributed by atoms with Gasteiger partial charge in [0.15, 0.2) is 0 Å². The number of alkyl halides is 2. The predicted molar refractivity (Wildman–Crippen MR) is 46.2 cm³/mol. The number of rotatable bonds is 1. The van der Waals surface area contributed by atoms with Gasteiger partial charge in [0, 0.05) is 0 Å². The van der Waals surface area contributed by atoms with Gasteiger partial charge in [0.1, 0.15) is 5.00 Å². The molecule has 58 valence electrons. The summed E-state index contributed by atoms with van der Waals surface area (Å²) in [6, 6.07) is 0. The van der Waals surface area contributed by atoms with E-state index >= 15 is 0 Å². The van der Waals surface area contributed by atoms with Crippen LogP contribution in [0.15, 0.2) is 4.99 Å². The Morgan fingerprint density at radius 2 is 2.20 bits per heavy atom. The Labute approximate surface area is 71.4 Å². The molecule has 3 heteroatoms. The second kappa shape index (κ2) is 3.10. The highest BCUT2D eigenvalue weighted by atomic mass is 35.5. The zero-order valence-electron chi connectivity index (χ0n) is 5.82. The number of hydrogen-bond donors (Lipinski definition) is 0. The molecule has 1 nitrogen and oxygen atoms in total. The Morgan fingerprint density at radius 3 is 2.60 bits per heavy atom. The fraction of sp³-hybridized carbons (Fsp3) is 0.857. The zero-order chi connectivity index (χ0) is 7.61. The van der Waals surface area contributed by atoms with Gasteiger partial charge in [-0.15, -0.1) is 11.6 Å². The third-order valence-electron chi connectivity index (χ3n) is 1.98. The van der Waals surface area contributed by atoms with Crippen LogP contribution in [0.1, 0.15) is 25.7 Å². The van der Waals surface area contributed by atoms with Crippen molar-refractivity contribution in [3.05, 3.63) is 0 Å². The first-order valence-electron chi connectivity index (χ1n) is 3.50. The Hall–Kier alpha value is 0.250. The van der Waals surface area contributed by atoms with Crippen molar-refractivity contribution in [1.29, 1.82) is 0 Å². The third-order valence-corrected chi connectivity index (χ3v) is 3.24. The third kappa shape index (κ3) is 1.46. The first-order valence-corrected chi connectivity index (χ1v) is 4.31. The molecule has 0 spiro atoms. The first kappa shape index (κ1) is 8.35. The van der Waals surface area contributed by atoms with E-state index in [4.69, 9.17) is 23.2 Å². The molecule has 1 fully saturated rings. The van der Waals surface area contributed by atoms with Crippen LogP contribution >= 0.6 is 23.2 Å². The molecule has 0 aromatic heterocycles. The summed E-state index contributed by atoms with van der Waals surface area (Å²) < 4.78 is 0. The molecule has 1 aliphatic carbocycles. The van der Waals surface area contributed by atoms with Crippen LogP contribution in [0.4, 0.5) is 0 Å². The van der Waals surface area contributed by atoms with Crippen LogP contribution in [0, 0.1) is 0 Å². The van der Waals surface area contributed by atoms with Gasteiger partial charge >= 0.3 is 0 Å². The van der Waals surface area contributed by atoms with Crippen LogP contribution in [-0.4, -0.2) is 17.1 Å². The molecule has 2 unspecified atom stereocenters. The molecule has 0 aromatic carbocycles. The summed E-state index contributed by atoms with van der Waals surface area (Å²) in [6.45, 7) is 3.44. The van der Waals surface area contributed by atoms with Gasteiger partial charge in [-0.05, 0) is 26.0 Å². The van der Waals surface area contributed by atoms with E-state index in [9.17, 15) is 0 Å². The maximum absolute atomic E-state index is 6.05. The monoisotopic (exact) mass is 179 g/mol. The maximum Gasteiger partial charge on any atom is 0.149 e. The van der Waals surface area contributed by atoms with Crippen molar-refractivity contribution >= 4 is 29.9 Å². The lowest BCUT2D eigenvalue weighted by atomic mass is 9.95. The summed E-state index contributed by atoms with van der Waals surface area (Å²) in [5, 5.41) is -0.0274. The molecule has 2 atom stereocenters. The Kier molecular flexibility index (Phi) is 2.59. The van der Waals surface area contributed by atoms with Crippen LogP contribution in [0.25, 0.3) is 0 Å². The van der Waals surface area contributed by atoms with Crippen molar-refractivity contribution in [2.75, 3.05) is 0 Å². The standard InChI is InChI=1S/C7H11Cl2N/c1-10-7(9)5-3-2-4-6(7)8/h6H,1-5H2. The lowest BCUT2D eigenvalue weighted by Crippen LogP contribution is -2.33. The number of halogens is 2. The van der Waals surface area contributed by atoms with Crippen molar-refractivity contribution < 1.29 is 0 Å². The van der Waals surface area contributed by atoms with Crippen LogP contribution < -0.4 is 0 Å². The highest BCUT2D eigenvalue weighted by molar-refractivity contribution is 6.32. The van der Waals surface area contributed by atoms with E-state index in [0.717, 1.165) is 25.7 Å². The number of aliphatic imine (C=N–C) groups is 1. The average molecular weight is 180 g/mol. The van der Waals surface area contributed by atoms with Crippen LogP contribution in [0.3, 0.4) is 0 Å². The SMILES string of the molecule is C=NC1(Cl)CCCCC1Cl. The fourth-order valence-electron chi connectivity index (χ4n) is 1.25. The van der Waals surface area contributed by atoms with E-state index in [2.05, 4.69) is 11.7 Å². The van der Waals surface area contributed by atoms with E-state index in [1.54, 1.807) is 0 Å². The van der Waals surface area contributed by atoms with Gasteiger partial charge in [0.05, 0.1) is 5.38 Å². The largest absolute Gasteiger partial charge is 0.277 e. The van der Waals surface area contributed by atoms with Crippen molar-refractivity contribution in [1.82, 2.24) is 0 Å². The van der Waals surface area contributed by atoms with Crippen LogP contribution in [0.5, 0.6) is 0 Å². The Morgan fingerprint density at radius 1 is 1.50 bits per heavy atom. The molecule has 0 aromatic rings. The molecule has 1 saturated carbocycles. The molecular formula is C7H11Cl2N. The smallest absolute Gasteiger partial charge is 0.149 e. The zero-order valence-corrected chi connectivity index (χ0v) is 7.33. The average Bonchev–Trinajstić information content (AvgIpc) is 1.96. The number of hydrogen-bond acceptors (Lipinski definition) is 1. The highest BCUT2D eigenvalue weighted by Crippen LogP contribution is 2.38. The summed E-state index contributed by atoms with van der Waals surface area (Å²) in [7, 11) is 0. The molecule has 10 heavy (non-hydrogen) atoms. The highest BCUT2D eigenvalue weighted by Gasteiger charge is 2.36. The molecule has 1 aliphatic rings. The second-order valence-electron chi connectivity index (χ2n) is 2.69. The summed E-state index contributed by atoms with van der Waals surface area (Å²) in [5.74, 6) is 0. The molecule has 0 bridgehead atoms. The minimum Gasteiger partial charge on any atom is -0.277 e. The van der Waals surface area contributed by atoms with Gasteiger partial charge in [-0.1, -0.05) is 18.0 Å². The molecule has 0 amide bonds. The molecule has 0 radical (unpaired) electrons. The minimum atomic E-state index is -0.570. The van der Waals surface area contributed by atoms with E-state index in [-0.39, 0.29) is 5.38 Å². The molecule has 0 N–H and O–H groups in total. The van der Waals surface area contributed by atoms with Crippen LogP contribution in [0.2, 0.25) is 0 Å². The van der Waals surface area contributed by atoms with E-state index in [0.29, 0.717) is 0 Å². The first-order chi connectivity index (χ1) is 4.69. The van der Waals surface area contributed by atoms with Crippen molar-refractivity contribution in [3.8, 4) is 0 Å². The van der Waals surface area contributed by atoms with Gasteiger partial charge in [-0.2, -0.15) is 0 Å². The lowest BCUT2D eigenvalue weighted by molar-refractivity contribution is 0.410. The predicted octanol–water partition coefficient (Wildman–Crippen LogP) is 2.80. The van der Waals surface area contributed by atoms with Gasteiger partial charge < -0.3 is 0 Å². The summed E-state index contributed by atoms with van der Waals surface area (Å²) >= 11 is 12.0. The number of nitrogens with zero attached hydrogens (tertiary/aromatic N) is 1. The van der Waals surface area contributed by atoms with E-state index in [1.807, 2.05) is 0 Å². The molecule has 0 aliphatic heterocycles. The van der Waals surface area contributed by atoms with Crippen molar-refractivity contribution in [3.63, 3.8) is 0 Å². The fourth-order valence-corrected chi connectivity index (χ4v) is 1.83. The molecular weight excluding hydrogens is 169 g/mol. The van der Waals surface area contributed by atoms with Gasteiger partial charge in [0.25, 0.3) is 0 Å². The lowest BCUT2D eigenvalue weighted by Gasteiger charge is -2.31. The Balaban J connectivity index is 2.62. The Bertz CT molecular complexity index is 138. The van der Waals surface area contributed by atoms with Gasteiger partial charge in [-0.3, -0.25) is 4.99 Å². The summed E-state index contributed by atoms with van der Waals surface area (Å²) in [4.78, 5) is 3.27. The van der Waals surface area contributed by atoms with Crippen molar-refractivity contribution in [2.24, 2.45) is 4.99 Å². The van der Waals surface area contributed by atoms with Crippen molar-refractivity contribution in [2.45, 2.75) is 36.1 Å². The quantitative estimate of drug-likeness (QED) is 0.334. The minimum absolute atomic E-state index is 0.0274. The normalized spacial score (nSPS) is 41.2. The molecule has 0 heterocycles. The summed E-state index contributed by atoms with van der Waals surface area (Å²) in [5.41, 5.74) is 0. The van der Waals surface area contributed by atoms with Crippen LogP contribution in [-0.2, 0) is 0 Å². The van der Waals surface area contributed by atoms with Gasteiger partial charge in [0.2, 0.25) is 0 Å². The maximum atomic E-state index is 6.05. The second-order valence-corrected chi connectivity index (χ2v) is 3.87. The molecule has 1 rings (SSSR count). The topological polar surface area (TPSA) is 12.4 Å². The van der Waals surface area contributed by atoms with E-state index < -0.39 is 5.00 Å².